The van der Waals surface area contributed by atoms with Crippen molar-refractivity contribution >= 4 is 11.2 Å². The first-order valence-electron chi connectivity index (χ1n) is 4.72. The van der Waals surface area contributed by atoms with Crippen LogP contribution in [0.1, 0.15) is 2.74 Å². The lowest BCUT2D eigenvalue weighted by Crippen LogP contribution is -2.36. The zero-order valence-corrected chi connectivity index (χ0v) is 6.87. The summed E-state index contributed by atoms with van der Waals surface area (Å²) in [5, 5.41) is 0. The van der Waals surface area contributed by atoms with Gasteiger partial charge in [-0.3, -0.25) is 13.9 Å². The van der Waals surface area contributed by atoms with Crippen molar-refractivity contribution in [2.75, 3.05) is 0 Å². The van der Waals surface area contributed by atoms with Crippen LogP contribution in [-0.4, -0.2) is 19.1 Å². The van der Waals surface area contributed by atoms with E-state index in [1.54, 1.807) is 0 Å². The van der Waals surface area contributed by atoms with Gasteiger partial charge in [0.25, 0.3) is 5.56 Å². The van der Waals surface area contributed by atoms with Gasteiger partial charge in [-0.05, 0) is 0 Å². The molecule has 0 atom stereocenters. The lowest BCUT2D eigenvalue weighted by Gasteiger charge is -2.00. The van der Waals surface area contributed by atoms with E-state index >= 15 is 0 Å². The van der Waals surface area contributed by atoms with Gasteiger partial charge in [0, 0.05) is 15.4 Å². The van der Waals surface area contributed by atoms with E-state index in [2.05, 4.69) is 9.97 Å². The Balaban J connectivity index is 3.11. The van der Waals surface area contributed by atoms with E-state index in [9.17, 15) is 9.59 Å². The van der Waals surface area contributed by atoms with Crippen LogP contribution in [-0.2, 0) is 14.1 Å². The number of fused-ring (bicyclic) bond motifs is 1. The van der Waals surface area contributed by atoms with Gasteiger partial charge < -0.3 is 4.98 Å². The minimum Gasteiger partial charge on any atom is -0.339 e. The van der Waals surface area contributed by atoms with Crippen LogP contribution in [0.25, 0.3) is 11.2 Å². The van der Waals surface area contributed by atoms with Crippen LogP contribution in [0.4, 0.5) is 0 Å². The largest absolute Gasteiger partial charge is 0.339 e. The summed E-state index contributed by atoms with van der Waals surface area (Å²) < 4.78 is 16.3. The van der Waals surface area contributed by atoms with Crippen LogP contribution in [0.2, 0.25) is 0 Å². The first kappa shape index (κ1) is 5.74. The van der Waals surface area contributed by atoms with E-state index in [1.165, 1.54) is 7.05 Å². The first-order chi connectivity index (χ1) is 7.06. The molecule has 68 valence electrons. The van der Waals surface area contributed by atoms with E-state index in [4.69, 9.17) is 2.74 Å². The number of aromatic nitrogens is 4. The highest BCUT2D eigenvalue weighted by atomic mass is 16.2. The zero-order valence-electron chi connectivity index (χ0n) is 8.87. The number of imidazole rings is 1. The highest BCUT2D eigenvalue weighted by molar-refractivity contribution is 5.68. The Hall–Kier alpha value is -1.85. The standard InChI is InChI=1S/C7H8N4O2/c1-10-5-4(8-3-9-5)6(12)11(2)7(10)13/h3H,1-2H3,(H,8,9)/i1D,3D. The monoisotopic (exact) mass is 182 g/mol. The molecule has 0 saturated carbocycles. The fourth-order valence-corrected chi connectivity index (χ4v) is 1.12. The number of hydrogen-bond donors (Lipinski definition) is 1. The topological polar surface area (TPSA) is 72.7 Å². The number of nitrogens with one attached hydrogen (secondary N) is 1. The summed E-state index contributed by atoms with van der Waals surface area (Å²) in [5.41, 5.74) is -1.00. The van der Waals surface area contributed by atoms with Crippen molar-refractivity contribution in [3.8, 4) is 0 Å². The minimum absolute atomic E-state index is 0.0584. The summed E-state index contributed by atoms with van der Waals surface area (Å²) in [5.74, 6) is 0. The maximum Gasteiger partial charge on any atom is 0.332 e. The van der Waals surface area contributed by atoms with Crippen LogP contribution in [0.5, 0.6) is 0 Å². The number of rotatable bonds is 0. The van der Waals surface area contributed by atoms with Crippen molar-refractivity contribution in [3.63, 3.8) is 0 Å². The molecule has 2 aromatic heterocycles. The highest BCUT2D eigenvalue weighted by Crippen LogP contribution is 1.97. The summed E-state index contributed by atoms with van der Waals surface area (Å²) in [4.78, 5) is 29.2. The van der Waals surface area contributed by atoms with Gasteiger partial charge >= 0.3 is 5.69 Å². The van der Waals surface area contributed by atoms with Crippen LogP contribution in [0.15, 0.2) is 15.9 Å². The fraction of sp³-hybridized carbons (Fsp3) is 0.286. The van der Waals surface area contributed by atoms with E-state index < -0.39 is 11.2 Å². The molecule has 0 radical (unpaired) electrons. The van der Waals surface area contributed by atoms with E-state index in [1.807, 2.05) is 0 Å². The Morgan fingerprint density at radius 3 is 3.08 bits per heavy atom. The van der Waals surface area contributed by atoms with Gasteiger partial charge in [-0.1, -0.05) is 0 Å². The normalized spacial score (nSPS) is 13.0. The van der Waals surface area contributed by atoms with Crippen molar-refractivity contribution < 1.29 is 2.74 Å². The van der Waals surface area contributed by atoms with E-state index in [-0.39, 0.29) is 24.5 Å². The van der Waals surface area contributed by atoms with Gasteiger partial charge in [0.15, 0.2) is 5.65 Å². The smallest absolute Gasteiger partial charge is 0.332 e. The van der Waals surface area contributed by atoms with Crippen LogP contribution in [0.3, 0.4) is 0 Å². The van der Waals surface area contributed by atoms with Crippen molar-refractivity contribution in [2.24, 2.45) is 14.1 Å². The molecule has 2 aromatic rings. The third kappa shape index (κ3) is 0.851. The van der Waals surface area contributed by atoms with Crippen LogP contribution >= 0.6 is 0 Å². The summed E-state index contributed by atoms with van der Waals surface area (Å²) in [6.45, 7) is 0. The van der Waals surface area contributed by atoms with Crippen molar-refractivity contribution in [3.05, 3.63) is 27.1 Å². The van der Waals surface area contributed by atoms with Gasteiger partial charge in [-0.15, -0.1) is 0 Å². The number of nitrogens with zero attached hydrogens (tertiary/aromatic N) is 3. The molecule has 0 spiro atoms. The Kier molecular flexibility index (Phi) is 1.02. The Bertz CT molecular complexity index is 639. The van der Waals surface area contributed by atoms with Gasteiger partial charge in [-0.25, -0.2) is 9.78 Å². The molecule has 0 bridgehead atoms. The second-order valence-electron chi connectivity index (χ2n) is 2.62. The van der Waals surface area contributed by atoms with Crippen molar-refractivity contribution in [1.29, 1.82) is 0 Å². The number of hydrogen-bond acceptors (Lipinski definition) is 3. The Morgan fingerprint density at radius 2 is 2.38 bits per heavy atom. The average Bonchev–Trinajstić information content (AvgIpc) is 2.58. The predicted octanol–water partition coefficient (Wildman–Crippen LogP) is -1.04. The van der Waals surface area contributed by atoms with Crippen LogP contribution in [0, 0.1) is 0 Å². The van der Waals surface area contributed by atoms with E-state index in [0.29, 0.717) is 0 Å². The van der Waals surface area contributed by atoms with Gasteiger partial charge in [-0.2, -0.15) is 0 Å². The quantitative estimate of drug-likeness (QED) is 0.565. The summed E-state index contributed by atoms with van der Waals surface area (Å²) in [7, 11) is 0.981. The SMILES string of the molecule is [2H]Cn1c(=O)n(C)c(=O)c2[nH]c([2H])nc21. The maximum absolute atomic E-state index is 11.6. The molecule has 6 nitrogen and oxygen atoms in total. The molecule has 0 fully saturated rings. The molecule has 2 rings (SSSR count). The minimum atomic E-state index is -0.603. The van der Waals surface area contributed by atoms with Crippen LogP contribution < -0.4 is 11.2 Å². The number of aryl methyl sites for hydroxylation is 1. The third-order valence-electron chi connectivity index (χ3n) is 1.86. The second kappa shape index (κ2) is 2.32. The molecule has 0 aliphatic carbocycles. The zero-order chi connectivity index (χ0) is 11.2. The fourth-order valence-electron chi connectivity index (χ4n) is 1.12. The Labute approximate surface area is 75.3 Å². The second-order valence-corrected chi connectivity index (χ2v) is 2.62. The molecule has 0 aliphatic heterocycles. The molecular formula is C7H8N4O2. The van der Waals surface area contributed by atoms with Gasteiger partial charge in [0.1, 0.15) is 6.89 Å². The molecule has 13 heavy (non-hydrogen) atoms. The summed E-state index contributed by atoms with van der Waals surface area (Å²) in [6, 6.07) is 0. The molecule has 0 saturated heterocycles. The number of H-pyrrole nitrogens is 1. The lowest BCUT2D eigenvalue weighted by atomic mass is 10.5. The molecule has 0 aromatic carbocycles. The third-order valence-corrected chi connectivity index (χ3v) is 1.86. The molecular weight excluding hydrogens is 172 g/mol. The first-order valence-corrected chi connectivity index (χ1v) is 3.51. The van der Waals surface area contributed by atoms with Crippen molar-refractivity contribution in [2.45, 2.75) is 0 Å². The number of aromatic amines is 1. The molecule has 6 heteroatoms. The molecule has 0 unspecified atom stereocenters. The lowest BCUT2D eigenvalue weighted by molar-refractivity contribution is 0.709. The average molecular weight is 182 g/mol. The molecule has 0 amide bonds. The summed E-state index contributed by atoms with van der Waals surface area (Å²) >= 11 is 0. The molecule has 0 aliphatic rings. The summed E-state index contributed by atoms with van der Waals surface area (Å²) in [6.07, 6.45) is -0.199. The Morgan fingerprint density at radius 1 is 1.62 bits per heavy atom. The highest BCUT2D eigenvalue weighted by Gasteiger charge is 2.08. The molecule has 2 heterocycles. The van der Waals surface area contributed by atoms with E-state index in [0.717, 1.165) is 9.13 Å². The predicted molar refractivity (Wildman–Crippen MR) is 46.6 cm³/mol. The molecule has 1 N–H and O–H groups in total. The van der Waals surface area contributed by atoms with Crippen molar-refractivity contribution in [1.82, 2.24) is 19.1 Å². The van der Waals surface area contributed by atoms with Gasteiger partial charge in [0.05, 0.1) is 6.30 Å². The van der Waals surface area contributed by atoms with Gasteiger partial charge in [0.2, 0.25) is 0 Å². The maximum atomic E-state index is 11.6.